The van der Waals surface area contributed by atoms with Crippen LogP contribution in [0.2, 0.25) is 0 Å². The number of hydrogen-bond donors (Lipinski definition) is 0. The minimum Gasteiger partial charge on any atom is -0.189 e. The van der Waals surface area contributed by atoms with Crippen molar-refractivity contribution in [1.29, 1.82) is 0 Å². The topological polar surface area (TPSA) is 0 Å². The van der Waals surface area contributed by atoms with E-state index in [9.17, 15) is 0 Å². The number of unbranched alkanes of at least 4 members (excludes halogenated alkanes) is 15. The molecule has 0 amide bonds. The van der Waals surface area contributed by atoms with Crippen LogP contribution in [-0.2, 0) is 0 Å². The molecular formula is C24H51FS. The Bertz CT molecular complexity index is 226. The van der Waals surface area contributed by atoms with Gasteiger partial charge in [0.05, 0.1) is 0 Å². The van der Waals surface area contributed by atoms with Crippen LogP contribution in [0.5, 0.6) is 0 Å². The lowest BCUT2D eigenvalue weighted by Gasteiger charge is -2.31. The normalized spacial score (nSPS) is 12.6. The van der Waals surface area contributed by atoms with Gasteiger partial charge in [-0.3, -0.25) is 0 Å². The maximum atomic E-state index is 15.6. The molecule has 0 bridgehead atoms. The molecule has 160 valence electrons. The third kappa shape index (κ3) is 17.7. The van der Waals surface area contributed by atoms with Crippen molar-refractivity contribution < 1.29 is 3.89 Å². The first-order chi connectivity index (χ1) is 12.7. The van der Waals surface area contributed by atoms with Gasteiger partial charge in [0.25, 0.3) is 0 Å². The highest BCUT2D eigenvalue weighted by atomic mass is 32.3. The molecule has 2 heteroatoms. The predicted molar refractivity (Wildman–Crippen MR) is 123 cm³/mol. The monoisotopic (exact) mass is 390 g/mol. The summed E-state index contributed by atoms with van der Waals surface area (Å²) < 4.78 is 15.6. The van der Waals surface area contributed by atoms with Crippen LogP contribution in [-0.4, -0.2) is 17.3 Å². The Hall–Kier alpha value is 0.280. The van der Waals surface area contributed by atoms with Gasteiger partial charge in [0.1, 0.15) is 0 Å². The van der Waals surface area contributed by atoms with Crippen molar-refractivity contribution in [3.05, 3.63) is 0 Å². The second-order valence-corrected chi connectivity index (χ2v) is 11.5. The van der Waals surface area contributed by atoms with E-state index in [2.05, 4.69) is 20.8 Å². The zero-order chi connectivity index (χ0) is 19.3. The molecule has 0 aliphatic rings. The van der Waals surface area contributed by atoms with Crippen LogP contribution in [0.15, 0.2) is 0 Å². The fourth-order valence-electron chi connectivity index (χ4n) is 3.73. The lowest BCUT2D eigenvalue weighted by Crippen LogP contribution is -2.10. The minimum absolute atomic E-state index is 0.906. The zero-order valence-electron chi connectivity index (χ0n) is 18.6. The molecular weight excluding hydrogens is 339 g/mol. The molecule has 0 aliphatic heterocycles. The van der Waals surface area contributed by atoms with E-state index in [1.165, 1.54) is 96.3 Å². The predicted octanol–water partition coefficient (Wildman–Crippen LogP) is 9.76. The van der Waals surface area contributed by atoms with Crippen molar-refractivity contribution in [2.75, 3.05) is 17.3 Å². The van der Waals surface area contributed by atoms with Gasteiger partial charge in [-0.1, -0.05) is 127 Å². The molecule has 0 fully saturated rings. The highest BCUT2D eigenvalue weighted by Gasteiger charge is 2.22. The van der Waals surface area contributed by atoms with Crippen LogP contribution in [0.4, 0.5) is 3.89 Å². The summed E-state index contributed by atoms with van der Waals surface area (Å²) in [5.74, 6) is 2.72. The third-order valence-corrected chi connectivity index (χ3v) is 8.65. The summed E-state index contributed by atoms with van der Waals surface area (Å²) in [7, 11) is -1.82. The van der Waals surface area contributed by atoms with Gasteiger partial charge in [-0.15, -0.1) is 0 Å². The summed E-state index contributed by atoms with van der Waals surface area (Å²) in [4.78, 5) is 0. The first-order valence-corrected chi connectivity index (χ1v) is 14.2. The average molecular weight is 391 g/mol. The van der Waals surface area contributed by atoms with Crippen LogP contribution in [0.3, 0.4) is 0 Å². The SMILES string of the molecule is CCCCCCCCS(F)(CCCCCCCC)CCCCCCCC. The molecule has 26 heavy (non-hydrogen) atoms. The highest BCUT2D eigenvalue weighted by Crippen LogP contribution is 2.52. The van der Waals surface area contributed by atoms with Gasteiger partial charge in [-0.05, 0) is 19.3 Å². The molecule has 0 spiro atoms. The van der Waals surface area contributed by atoms with Crippen molar-refractivity contribution >= 4 is 10.4 Å². The van der Waals surface area contributed by atoms with Crippen LogP contribution in [0.25, 0.3) is 0 Å². The van der Waals surface area contributed by atoms with Gasteiger partial charge >= 0.3 is 0 Å². The highest BCUT2D eigenvalue weighted by molar-refractivity contribution is 8.29. The van der Waals surface area contributed by atoms with Gasteiger partial charge in [0.2, 0.25) is 0 Å². The summed E-state index contributed by atoms with van der Waals surface area (Å²) in [6.07, 6.45) is 23.1. The molecule has 0 radical (unpaired) electrons. The van der Waals surface area contributed by atoms with E-state index >= 15 is 3.89 Å². The average Bonchev–Trinajstić information content (AvgIpc) is 2.64. The van der Waals surface area contributed by atoms with Gasteiger partial charge in [0.15, 0.2) is 0 Å². The minimum atomic E-state index is -1.82. The summed E-state index contributed by atoms with van der Waals surface area (Å²) in [5.41, 5.74) is 0. The van der Waals surface area contributed by atoms with Crippen molar-refractivity contribution in [3.63, 3.8) is 0 Å². The Balaban J connectivity index is 4.02. The summed E-state index contributed by atoms with van der Waals surface area (Å²) in [6, 6.07) is 0. The maximum absolute atomic E-state index is 15.6. The molecule has 0 aromatic carbocycles. The van der Waals surface area contributed by atoms with E-state index in [4.69, 9.17) is 0 Å². The third-order valence-electron chi connectivity index (χ3n) is 5.59. The Labute approximate surface area is 168 Å². The summed E-state index contributed by atoms with van der Waals surface area (Å²) in [6.45, 7) is 6.78. The lowest BCUT2D eigenvalue weighted by atomic mass is 10.1. The molecule has 0 unspecified atom stereocenters. The van der Waals surface area contributed by atoms with Gasteiger partial charge < -0.3 is 0 Å². The lowest BCUT2D eigenvalue weighted by molar-refractivity contribution is 0.612. The molecule has 0 aromatic heterocycles. The second kappa shape index (κ2) is 20.0. The van der Waals surface area contributed by atoms with Crippen molar-refractivity contribution in [1.82, 2.24) is 0 Å². The zero-order valence-corrected chi connectivity index (χ0v) is 19.5. The van der Waals surface area contributed by atoms with Crippen molar-refractivity contribution in [2.24, 2.45) is 0 Å². The molecule has 0 atom stereocenters. The van der Waals surface area contributed by atoms with Gasteiger partial charge in [-0.2, -0.15) is 3.89 Å². The van der Waals surface area contributed by atoms with E-state index in [0.717, 1.165) is 36.5 Å². The number of rotatable bonds is 21. The molecule has 0 aromatic rings. The van der Waals surface area contributed by atoms with E-state index in [-0.39, 0.29) is 0 Å². The summed E-state index contributed by atoms with van der Waals surface area (Å²) >= 11 is 0. The second-order valence-electron chi connectivity index (χ2n) is 8.36. The molecule has 0 rings (SSSR count). The van der Waals surface area contributed by atoms with Crippen LogP contribution in [0.1, 0.15) is 136 Å². The fourth-order valence-corrected chi connectivity index (χ4v) is 6.51. The number of hydrogen-bond acceptors (Lipinski definition) is 0. The standard InChI is InChI=1S/C24H51FS/c1-4-7-10-13-16-19-22-26(25,23-20-17-14-11-8-5-2)24-21-18-15-12-9-6-3/h4-24H2,1-3H3. The van der Waals surface area contributed by atoms with E-state index in [1.807, 2.05) is 0 Å². The molecule has 0 N–H and O–H groups in total. The first kappa shape index (κ1) is 26.3. The largest absolute Gasteiger partial charge is 0.189 e. The van der Waals surface area contributed by atoms with E-state index < -0.39 is 10.4 Å². The van der Waals surface area contributed by atoms with Gasteiger partial charge in [-0.25, -0.2) is 0 Å². The quantitative estimate of drug-likeness (QED) is 0.171. The Morgan fingerprint density at radius 3 is 0.885 bits per heavy atom. The molecule has 0 saturated heterocycles. The Morgan fingerprint density at radius 2 is 0.615 bits per heavy atom. The molecule has 0 heterocycles. The Morgan fingerprint density at radius 1 is 0.385 bits per heavy atom. The molecule has 0 saturated carbocycles. The molecule has 0 nitrogen and oxygen atoms in total. The van der Waals surface area contributed by atoms with E-state index in [0.29, 0.717) is 0 Å². The summed E-state index contributed by atoms with van der Waals surface area (Å²) in [5, 5.41) is 0. The van der Waals surface area contributed by atoms with Crippen LogP contribution >= 0.6 is 10.4 Å². The van der Waals surface area contributed by atoms with Crippen molar-refractivity contribution in [2.45, 2.75) is 136 Å². The smallest absolute Gasteiger partial charge is 0.00357 e. The number of halogens is 1. The van der Waals surface area contributed by atoms with Crippen LogP contribution < -0.4 is 0 Å². The molecule has 0 aliphatic carbocycles. The first-order valence-electron chi connectivity index (χ1n) is 12.1. The van der Waals surface area contributed by atoms with Crippen LogP contribution in [0, 0.1) is 0 Å². The fraction of sp³-hybridized carbons (Fsp3) is 1.00. The van der Waals surface area contributed by atoms with E-state index in [1.54, 1.807) is 0 Å². The van der Waals surface area contributed by atoms with Gasteiger partial charge in [0, 0.05) is 17.3 Å². The Kier molecular flexibility index (Phi) is 20.2. The maximum Gasteiger partial charge on any atom is 0.00357 e. The van der Waals surface area contributed by atoms with Crippen molar-refractivity contribution in [3.8, 4) is 0 Å².